The number of carboxylic acids is 1. The van der Waals surface area contributed by atoms with Crippen molar-refractivity contribution in [1.82, 2.24) is 16.0 Å². The number of nitrogens with one attached hydrogen (secondary N) is 3. The molecule has 13 heteroatoms. The molecule has 0 fully saturated rings. The summed E-state index contributed by atoms with van der Waals surface area (Å²) in [6.07, 6.45) is -0.785. The number of carbonyl (C=O) groups is 6. The molecule has 0 aliphatic rings. The molecule has 0 aromatic heterocycles. The number of hydrogen-bond acceptors (Lipinski definition) is 7. The predicted octanol–water partition coefficient (Wildman–Crippen LogP) is -3.33. The van der Waals surface area contributed by atoms with Gasteiger partial charge in [0.25, 0.3) is 0 Å². The van der Waals surface area contributed by atoms with Crippen LogP contribution < -0.4 is 33.2 Å². The third kappa shape index (κ3) is 11.6. The number of rotatable bonds is 14. The van der Waals surface area contributed by atoms with E-state index in [-0.39, 0.29) is 18.8 Å². The molecule has 3 atom stereocenters. The predicted molar refractivity (Wildman–Crippen MR) is 104 cm³/mol. The van der Waals surface area contributed by atoms with Crippen LogP contribution in [0.3, 0.4) is 0 Å². The quantitative estimate of drug-likeness (QED) is 0.147. The maximum absolute atomic E-state index is 12.3. The van der Waals surface area contributed by atoms with Gasteiger partial charge in [0.2, 0.25) is 29.5 Å². The second kappa shape index (κ2) is 13.1. The molecule has 13 nitrogen and oxygen atoms in total. The van der Waals surface area contributed by atoms with E-state index in [1.807, 2.05) is 13.8 Å². The minimum absolute atomic E-state index is 0.167. The van der Waals surface area contributed by atoms with Crippen molar-refractivity contribution in [2.45, 2.75) is 57.7 Å². The van der Waals surface area contributed by atoms with E-state index in [2.05, 4.69) is 16.0 Å². The van der Waals surface area contributed by atoms with Crippen molar-refractivity contribution >= 4 is 35.5 Å². The second-order valence-electron chi connectivity index (χ2n) is 7.15. The SMILES string of the molecule is CC(C)CC(N)C(=O)NCC(=O)NC(CC(N)=O)C(=O)NC(CCC(N)=O)C(=O)O. The zero-order valence-electron chi connectivity index (χ0n) is 17.0. The van der Waals surface area contributed by atoms with Crippen LogP contribution in [0.2, 0.25) is 0 Å². The Kier molecular flexibility index (Phi) is 11.7. The highest BCUT2D eigenvalue weighted by Crippen LogP contribution is 2.03. The summed E-state index contributed by atoms with van der Waals surface area (Å²) in [6, 6.07) is -3.76. The maximum Gasteiger partial charge on any atom is 0.326 e. The van der Waals surface area contributed by atoms with Crippen molar-refractivity contribution in [3.63, 3.8) is 0 Å². The third-order valence-corrected chi connectivity index (χ3v) is 3.84. The van der Waals surface area contributed by atoms with Crippen molar-refractivity contribution < 1.29 is 33.9 Å². The summed E-state index contributed by atoms with van der Waals surface area (Å²) in [5.41, 5.74) is 15.7. The van der Waals surface area contributed by atoms with Gasteiger partial charge >= 0.3 is 5.97 Å². The third-order valence-electron chi connectivity index (χ3n) is 3.84. The number of carbonyl (C=O) groups excluding carboxylic acids is 5. The molecule has 10 N–H and O–H groups in total. The van der Waals surface area contributed by atoms with Crippen LogP contribution in [0, 0.1) is 5.92 Å². The van der Waals surface area contributed by atoms with Crippen LogP contribution in [0.1, 0.15) is 39.5 Å². The topological polar surface area (TPSA) is 237 Å². The number of amides is 5. The van der Waals surface area contributed by atoms with Crippen LogP contribution in [0.4, 0.5) is 0 Å². The van der Waals surface area contributed by atoms with Gasteiger partial charge in [-0.3, -0.25) is 24.0 Å². The lowest BCUT2D eigenvalue weighted by Crippen LogP contribution is -2.54. The Morgan fingerprint density at radius 3 is 1.97 bits per heavy atom. The summed E-state index contributed by atoms with van der Waals surface area (Å²) < 4.78 is 0. The van der Waals surface area contributed by atoms with Gasteiger partial charge in [-0.25, -0.2) is 4.79 Å². The Morgan fingerprint density at radius 1 is 0.900 bits per heavy atom. The lowest BCUT2D eigenvalue weighted by Gasteiger charge is -2.21. The number of aliphatic carboxylic acids is 1. The molecule has 170 valence electrons. The van der Waals surface area contributed by atoms with E-state index in [1.54, 1.807) is 0 Å². The minimum Gasteiger partial charge on any atom is -0.480 e. The maximum atomic E-state index is 12.3. The Hall–Kier alpha value is -3.22. The van der Waals surface area contributed by atoms with Crippen LogP contribution in [-0.4, -0.2) is 65.3 Å². The fraction of sp³-hybridized carbons (Fsp3) is 0.647. The van der Waals surface area contributed by atoms with Crippen LogP contribution in [0.15, 0.2) is 0 Å². The molecule has 0 heterocycles. The van der Waals surface area contributed by atoms with Crippen LogP contribution in [-0.2, 0) is 28.8 Å². The van der Waals surface area contributed by atoms with Crippen LogP contribution >= 0.6 is 0 Å². The van der Waals surface area contributed by atoms with E-state index in [4.69, 9.17) is 22.3 Å². The van der Waals surface area contributed by atoms with Crippen molar-refractivity contribution in [1.29, 1.82) is 0 Å². The van der Waals surface area contributed by atoms with Gasteiger partial charge in [0.1, 0.15) is 12.1 Å². The van der Waals surface area contributed by atoms with E-state index >= 15 is 0 Å². The molecule has 0 radical (unpaired) electrons. The molecule has 0 aliphatic heterocycles. The molecule has 3 unspecified atom stereocenters. The standard InChI is InChI=1S/C17H30N6O7/c1-8(2)5-9(18)15(27)21-7-14(26)22-11(6-13(20)25)16(28)23-10(17(29)30)3-4-12(19)24/h8-11H,3-7,18H2,1-2H3,(H2,19,24)(H2,20,25)(H,21,27)(H,22,26)(H,23,28)(H,29,30). The van der Waals surface area contributed by atoms with Gasteiger partial charge in [-0.15, -0.1) is 0 Å². The summed E-state index contributed by atoms with van der Waals surface area (Å²) in [5.74, 6) is -5.33. The lowest BCUT2D eigenvalue weighted by molar-refractivity contribution is -0.142. The molecule has 5 amide bonds. The molecule has 0 aliphatic carbocycles. The summed E-state index contributed by atoms with van der Waals surface area (Å²) in [4.78, 5) is 69.5. The highest BCUT2D eigenvalue weighted by molar-refractivity contribution is 5.95. The van der Waals surface area contributed by atoms with Gasteiger partial charge < -0.3 is 38.3 Å². The number of primary amides is 2. The fourth-order valence-corrected chi connectivity index (χ4v) is 2.39. The Morgan fingerprint density at radius 2 is 1.50 bits per heavy atom. The number of hydrogen-bond donors (Lipinski definition) is 7. The van der Waals surface area contributed by atoms with Gasteiger partial charge in [0.05, 0.1) is 19.0 Å². The minimum atomic E-state index is -1.48. The van der Waals surface area contributed by atoms with Gasteiger partial charge in [0, 0.05) is 6.42 Å². The van der Waals surface area contributed by atoms with Gasteiger partial charge in [-0.2, -0.15) is 0 Å². The monoisotopic (exact) mass is 430 g/mol. The van der Waals surface area contributed by atoms with Gasteiger partial charge in [-0.05, 0) is 18.8 Å². The molecule has 0 saturated heterocycles. The second-order valence-corrected chi connectivity index (χ2v) is 7.15. The molecular weight excluding hydrogens is 400 g/mol. The highest BCUT2D eigenvalue weighted by atomic mass is 16.4. The molecule has 30 heavy (non-hydrogen) atoms. The molecule has 0 aromatic rings. The number of carboxylic acid groups (broad SMARTS) is 1. The van der Waals surface area contributed by atoms with Crippen LogP contribution in [0.25, 0.3) is 0 Å². The molecule has 0 saturated carbocycles. The highest BCUT2D eigenvalue weighted by Gasteiger charge is 2.28. The fourth-order valence-electron chi connectivity index (χ4n) is 2.39. The first kappa shape index (κ1) is 26.8. The van der Waals surface area contributed by atoms with Gasteiger partial charge in [-0.1, -0.05) is 13.8 Å². The van der Waals surface area contributed by atoms with Crippen molar-refractivity contribution in [2.75, 3.05) is 6.54 Å². The zero-order valence-corrected chi connectivity index (χ0v) is 17.0. The summed E-state index contributed by atoms with van der Waals surface area (Å²) >= 11 is 0. The first-order valence-corrected chi connectivity index (χ1v) is 9.25. The Labute approximate surface area is 173 Å². The van der Waals surface area contributed by atoms with E-state index in [0.717, 1.165) is 0 Å². The normalized spacial score (nSPS) is 13.6. The summed E-state index contributed by atoms with van der Waals surface area (Å²) in [6.45, 7) is 3.23. The molecule has 0 rings (SSSR count). The number of nitrogens with two attached hydrogens (primary N) is 3. The van der Waals surface area contributed by atoms with E-state index in [9.17, 15) is 28.8 Å². The smallest absolute Gasteiger partial charge is 0.326 e. The average Bonchev–Trinajstić information content (AvgIpc) is 2.60. The van der Waals surface area contributed by atoms with Crippen molar-refractivity contribution in [3.05, 3.63) is 0 Å². The van der Waals surface area contributed by atoms with Crippen molar-refractivity contribution in [2.24, 2.45) is 23.1 Å². The molecular formula is C17H30N6O7. The van der Waals surface area contributed by atoms with E-state index < -0.39 is 66.6 Å². The first-order valence-electron chi connectivity index (χ1n) is 9.25. The Bertz CT molecular complexity index is 667. The molecule has 0 bridgehead atoms. The zero-order chi connectivity index (χ0) is 23.4. The molecule has 0 aromatic carbocycles. The average molecular weight is 430 g/mol. The largest absolute Gasteiger partial charge is 0.480 e. The van der Waals surface area contributed by atoms with Crippen LogP contribution in [0.5, 0.6) is 0 Å². The molecule has 0 spiro atoms. The van der Waals surface area contributed by atoms with E-state index in [1.165, 1.54) is 0 Å². The lowest BCUT2D eigenvalue weighted by atomic mass is 10.0. The van der Waals surface area contributed by atoms with E-state index in [0.29, 0.717) is 6.42 Å². The summed E-state index contributed by atoms with van der Waals surface area (Å²) in [7, 11) is 0. The van der Waals surface area contributed by atoms with Crippen molar-refractivity contribution in [3.8, 4) is 0 Å². The summed E-state index contributed by atoms with van der Waals surface area (Å²) in [5, 5.41) is 15.8. The van der Waals surface area contributed by atoms with Gasteiger partial charge in [0.15, 0.2) is 0 Å². The Balaban J connectivity index is 4.93. The first-order chi connectivity index (χ1) is 13.8.